The summed E-state index contributed by atoms with van der Waals surface area (Å²) in [6.07, 6.45) is -3.88. The summed E-state index contributed by atoms with van der Waals surface area (Å²) in [7, 11) is 1.41. The fourth-order valence-corrected chi connectivity index (χ4v) is 1.78. The van der Waals surface area contributed by atoms with Gasteiger partial charge in [-0.2, -0.15) is 5.10 Å². The molecule has 6 heteroatoms. The van der Waals surface area contributed by atoms with Gasteiger partial charge in [0.15, 0.2) is 0 Å². The first-order valence-electron chi connectivity index (χ1n) is 4.11. The van der Waals surface area contributed by atoms with E-state index in [1.54, 1.807) is 0 Å². The number of aromatic nitrogens is 2. The van der Waals surface area contributed by atoms with Gasteiger partial charge in [-0.15, -0.1) is 0 Å². The average molecular weight is 208 g/mol. The number of rotatable bonds is 1. The van der Waals surface area contributed by atoms with Gasteiger partial charge in [0.05, 0.1) is 6.42 Å². The second kappa shape index (κ2) is 2.71. The molecule has 14 heavy (non-hydrogen) atoms. The molecule has 1 aliphatic rings. The highest BCUT2D eigenvalue weighted by Gasteiger charge is 2.42. The van der Waals surface area contributed by atoms with Crippen molar-refractivity contribution in [1.82, 2.24) is 9.78 Å². The molecule has 1 aliphatic carbocycles. The Hall–Kier alpha value is -1.07. The number of aryl methyl sites for hydroxylation is 1. The van der Waals surface area contributed by atoms with Gasteiger partial charge in [-0.1, -0.05) is 0 Å². The lowest BCUT2D eigenvalue weighted by Gasteiger charge is -2.07. The normalized spacial score (nSPS) is 19.0. The van der Waals surface area contributed by atoms with Gasteiger partial charge in [-0.05, 0) is 0 Å². The van der Waals surface area contributed by atoms with E-state index in [2.05, 4.69) is 5.10 Å². The van der Waals surface area contributed by atoms with Crippen LogP contribution in [0.1, 0.15) is 23.4 Å². The predicted molar refractivity (Wildman–Crippen MR) is 40.5 cm³/mol. The second-order valence-corrected chi connectivity index (χ2v) is 3.44. The van der Waals surface area contributed by atoms with Crippen LogP contribution in [0.25, 0.3) is 0 Å². The predicted octanol–water partition coefficient (Wildman–Crippen LogP) is 2.09. The molecule has 2 nitrogen and oxygen atoms in total. The van der Waals surface area contributed by atoms with Crippen molar-refractivity contribution in [2.24, 2.45) is 7.05 Å². The van der Waals surface area contributed by atoms with Gasteiger partial charge in [0.1, 0.15) is 5.69 Å². The maximum Gasteiger partial charge on any atom is 0.282 e. The van der Waals surface area contributed by atoms with Crippen molar-refractivity contribution in [3.63, 3.8) is 0 Å². The number of fused-ring (bicyclic) bond motifs is 1. The summed E-state index contributed by atoms with van der Waals surface area (Å²) in [5.74, 6) is -2.89. The smallest absolute Gasteiger partial charge is 0.272 e. The Balaban J connectivity index is 2.47. The van der Waals surface area contributed by atoms with Crippen LogP contribution in [-0.4, -0.2) is 15.7 Å². The van der Waals surface area contributed by atoms with Gasteiger partial charge in [0.25, 0.3) is 12.3 Å². The van der Waals surface area contributed by atoms with E-state index in [0.717, 1.165) is 4.68 Å². The molecule has 0 unspecified atom stereocenters. The van der Waals surface area contributed by atoms with Crippen molar-refractivity contribution >= 4 is 0 Å². The summed E-state index contributed by atoms with van der Waals surface area (Å²) in [6, 6.07) is 0. The zero-order valence-corrected chi connectivity index (χ0v) is 7.40. The molecule has 78 valence electrons. The summed E-state index contributed by atoms with van der Waals surface area (Å²) < 4.78 is 51.7. The molecule has 1 aromatic heterocycles. The summed E-state index contributed by atoms with van der Waals surface area (Å²) in [5, 5.41) is 3.53. The Kier molecular flexibility index (Phi) is 1.84. The van der Waals surface area contributed by atoms with Gasteiger partial charge >= 0.3 is 0 Å². The Bertz CT molecular complexity index is 370. The monoisotopic (exact) mass is 208 g/mol. The fraction of sp³-hybridized carbons (Fsp3) is 0.625. The zero-order chi connectivity index (χ0) is 10.5. The van der Waals surface area contributed by atoms with Gasteiger partial charge in [-0.25, -0.2) is 17.6 Å². The topological polar surface area (TPSA) is 17.8 Å². The zero-order valence-electron chi connectivity index (χ0n) is 7.40. The largest absolute Gasteiger partial charge is 0.282 e. The number of nitrogens with zero attached hydrogens (tertiary/aromatic N) is 2. The number of halogens is 4. The first-order valence-corrected chi connectivity index (χ1v) is 4.11. The lowest BCUT2D eigenvalue weighted by molar-refractivity contribution is 0.0107. The average Bonchev–Trinajstić information content (AvgIpc) is 2.47. The van der Waals surface area contributed by atoms with E-state index in [1.165, 1.54) is 7.05 Å². The van der Waals surface area contributed by atoms with Crippen molar-refractivity contribution in [2.45, 2.75) is 25.2 Å². The van der Waals surface area contributed by atoms with Crippen molar-refractivity contribution in [3.8, 4) is 0 Å². The van der Waals surface area contributed by atoms with Crippen LogP contribution in [0.2, 0.25) is 0 Å². The minimum atomic E-state index is -2.89. The Morgan fingerprint density at radius 1 is 1.36 bits per heavy atom. The third kappa shape index (κ3) is 1.29. The minimum absolute atomic E-state index is 0.0208. The van der Waals surface area contributed by atoms with Crippen LogP contribution >= 0.6 is 0 Å². The van der Waals surface area contributed by atoms with Crippen molar-refractivity contribution < 1.29 is 17.6 Å². The molecule has 0 spiro atoms. The molecule has 1 aromatic rings. The van der Waals surface area contributed by atoms with Gasteiger partial charge in [-0.3, -0.25) is 4.68 Å². The second-order valence-electron chi connectivity index (χ2n) is 3.44. The summed E-state index contributed by atoms with van der Waals surface area (Å²) in [5.41, 5.74) is -0.252. The highest BCUT2D eigenvalue weighted by Crippen LogP contribution is 2.38. The number of hydrogen-bond acceptors (Lipinski definition) is 1. The SMILES string of the molecule is Cn1nc(C(F)F)c2c1CC(F)(F)C2. The lowest BCUT2D eigenvalue weighted by atomic mass is 10.2. The van der Waals surface area contributed by atoms with Crippen molar-refractivity contribution in [1.29, 1.82) is 0 Å². The minimum Gasteiger partial charge on any atom is -0.272 e. The lowest BCUT2D eigenvalue weighted by Crippen LogP contribution is -2.17. The van der Waals surface area contributed by atoms with E-state index in [4.69, 9.17) is 0 Å². The molecule has 0 bridgehead atoms. The van der Waals surface area contributed by atoms with Crippen LogP contribution in [0.5, 0.6) is 0 Å². The molecule has 0 atom stereocenters. The van der Waals surface area contributed by atoms with Crippen LogP contribution in [0, 0.1) is 0 Å². The van der Waals surface area contributed by atoms with Gasteiger partial charge in [0, 0.05) is 24.7 Å². The third-order valence-electron chi connectivity index (χ3n) is 2.37. The molecule has 0 aromatic carbocycles. The van der Waals surface area contributed by atoms with Crippen LogP contribution in [-0.2, 0) is 19.9 Å². The van der Waals surface area contributed by atoms with E-state index in [0.29, 0.717) is 0 Å². The van der Waals surface area contributed by atoms with Crippen LogP contribution in [0.15, 0.2) is 0 Å². The molecule has 0 aliphatic heterocycles. The highest BCUT2D eigenvalue weighted by molar-refractivity contribution is 5.34. The van der Waals surface area contributed by atoms with Gasteiger partial charge < -0.3 is 0 Å². The molecular weight excluding hydrogens is 200 g/mol. The Morgan fingerprint density at radius 3 is 2.57 bits per heavy atom. The molecule has 0 N–H and O–H groups in total. The van der Waals surface area contributed by atoms with Crippen LogP contribution in [0.4, 0.5) is 17.6 Å². The van der Waals surface area contributed by atoms with E-state index >= 15 is 0 Å². The molecular formula is C8H8F4N2. The van der Waals surface area contributed by atoms with E-state index in [-0.39, 0.29) is 11.3 Å². The quantitative estimate of drug-likeness (QED) is 0.646. The van der Waals surface area contributed by atoms with Crippen LogP contribution < -0.4 is 0 Å². The first-order chi connectivity index (χ1) is 6.41. The molecule has 2 rings (SSSR count). The maximum absolute atomic E-state index is 12.9. The summed E-state index contributed by atoms with van der Waals surface area (Å²) in [6.45, 7) is 0. The molecule has 1 heterocycles. The van der Waals surface area contributed by atoms with Gasteiger partial charge in [0.2, 0.25) is 0 Å². The molecule has 0 saturated heterocycles. The highest BCUT2D eigenvalue weighted by atomic mass is 19.3. The first kappa shape index (κ1) is 9.48. The molecule has 0 amide bonds. The molecule has 0 saturated carbocycles. The Morgan fingerprint density at radius 2 is 2.00 bits per heavy atom. The number of hydrogen-bond donors (Lipinski definition) is 0. The Labute approximate surface area is 77.5 Å². The van der Waals surface area contributed by atoms with Crippen molar-refractivity contribution in [3.05, 3.63) is 17.0 Å². The molecule has 0 fully saturated rings. The molecule has 0 radical (unpaired) electrons. The van der Waals surface area contributed by atoms with Crippen molar-refractivity contribution in [2.75, 3.05) is 0 Å². The summed E-state index contributed by atoms with van der Waals surface area (Å²) in [4.78, 5) is 0. The third-order valence-corrected chi connectivity index (χ3v) is 2.37. The maximum atomic E-state index is 12.9. The van der Waals surface area contributed by atoms with Crippen LogP contribution in [0.3, 0.4) is 0 Å². The van der Waals surface area contributed by atoms with E-state index in [1.807, 2.05) is 0 Å². The standard InChI is InChI=1S/C8H8F4N2/c1-14-5-3-8(11,12)2-4(5)6(13-14)7(9)10/h7H,2-3H2,1H3. The van der Waals surface area contributed by atoms with E-state index in [9.17, 15) is 17.6 Å². The van der Waals surface area contributed by atoms with E-state index < -0.39 is 30.9 Å². The number of alkyl halides is 4. The fourth-order valence-electron chi connectivity index (χ4n) is 1.78. The summed E-state index contributed by atoms with van der Waals surface area (Å²) >= 11 is 0.